The largest absolute Gasteiger partial charge is 0.383 e. The molecular formula is C22H40N4O3S. The summed E-state index contributed by atoms with van der Waals surface area (Å²) in [5.41, 5.74) is 0.986. The lowest BCUT2D eigenvalue weighted by Gasteiger charge is -2.26. The monoisotopic (exact) mass is 440 g/mol. The van der Waals surface area contributed by atoms with Crippen molar-refractivity contribution in [2.24, 2.45) is 0 Å². The van der Waals surface area contributed by atoms with Gasteiger partial charge in [-0.2, -0.15) is 0 Å². The Morgan fingerprint density at radius 2 is 1.83 bits per heavy atom. The van der Waals surface area contributed by atoms with E-state index in [4.69, 9.17) is 4.74 Å². The number of nitrogens with zero attached hydrogens (tertiary/aromatic N) is 4. The summed E-state index contributed by atoms with van der Waals surface area (Å²) in [5, 5.41) is -0.0451. The number of methoxy groups -OCH3 is 1. The normalized spacial score (nSPS) is 22.1. The summed E-state index contributed by atoms with van der Waals surface area (Å²) in [6.07, 6.45) is 8.73. The number of ether oxygens (including phenoxy) is 1. The number of hydrogen-bond acceptors (Lipinski definition) is 6. The molecule has 1 saturated carbocycles. The molecule has 0 bridgehead atoms. The van der Waals surface area contributed by atoms with Gasteiger partial charge in [-0.15, -0.1) is 0 Å². The number of likely N-dealkylation sites (N-methyl/N-ethyl adjacent to an activating group) is 1. The van der Waals surface area contributed by atoms with E-state index in [1.807, 2.05) is 4.57 Å². The molecule has 1 saturated heterocycles. The van der Waals surface area contributed by atoms with Crippen LogP contribution >= 0.6 is 0 Å². The Morgan fingerprint density at radius 3 is 2.47 bits per heavy atom. The third kappa shape index (κ3) is 5.44. The first kappa shape index (κ1) is 23.7. The average Bonchev–Trinajstić information content (AvgIpc) is 3.25. The zero-order valence-corrected chi connectivity index (χ0v) is 19.9. The maximum atomic E-state index is 13.4. The van der Waals surface area contributed by atoms with E-state index in [9.17, 15) is 8.42 Å². The van der Waals surface area contributed by atoms with Crippen LogP contribution in [0.2, 0.25) is 0 Å². The van der Waals surface area contributed by atoms with Gasteiger partial charge in [0.15, 0.2) is 0 Å². The van der Waals surface area contributed by atoms with Crippen molar-refractivity contribution in [3.8, 4) is 0 Å². The van der Waals surface area contributed by atoms with E-state index >= 15 is 0 Å². The standard InChI is InChI=1S/C22H40N4O3S/c1-4-25(5-2)19-12-13-24(17-19)18-20-16-23-22(26(20)14-15-29-3)30(27,28)21-10-8-6-7-9-11-21/h16,19,21H,4-15,17-18H2,1-3H3/t19-/m0/s1. The van der Waals surface area contributed by atoms with E-state index in [1.54, 1.807) is 13.3 Å². The van der Waals surface area contributed by atoms with Crippen LogP contribution in [-0.4, -0.2) is 79.0 Å². The number of likely N-dealkylation sites (tertiary alicyclic amines) is 1. The second kappa shape index (κ2) is 11.1. The van der Waals surface area contributed by atoms with Crippen LogP contribution in [-0.2, 0) is 27.7 Å². The molecule has 2 fully saturated rings. The molecule has 1 aromatic rings. The predicted octanol–water partition coefficient (Wildman–Crippen LogP) is 2.94. The van der Waals surface area contributed by atoms with Crippen molar-refractivity contribution in [1.82, 2.24) is 19.4 Å². The average molecular weight is 441 g/mol. The van der Waals surface area contributed by atoms with Crippen molar-refractivity contribution in [3.05, 3.63) is 11.9 Å². The third-order valence-electron chi connectivity index (χ3n) is 6.88. The molecule has 1 aliphatic carbocycles. The van der Waals surface area contributed by atoms with Crippen molar-refractivity contribution >= 4 is 9.84 Å². The summed E-state index contributed by atoms with van der Waals surface area (Å²) in [6, 6.07) is 0.588. The quantitative estimate of drug-likeness (QED) is 0.521. The molecule has 172 valence electrons. The minimum Gasteiger partial charge on any atom is -0.383 e. The molecule has 0 radical (unpaired) electrons. The Bertz CT molecular complexity index is 752. The second-order valence-electron chi connectivity index (χ2n) is 8.73. The van der Waals surface area contributed by atoms with Crippen molar-refractivity contribution in [1.29, 1.82) is 0 Å². The summed E-state index contributed by atoms with van der Waals surface area (Å²) in [6.45, 7) is 10.4. The maximum Gasteiger partial charge on any atom is 0.228 e. The molecule has 2 heterocycles. The first-order chi connectivity index (χ1) is 14.5. The van der Waals surface area contributed by atoms with Crippen LogP contribution in [0.15, 0.2) is 11.4 Å². The highest BCUT2D eigenvalue weighted by Gasteiger charge is 2.33. The highest BCUT2D eigenvalue weighted by atomic mass is 32.2. The van der Waals surface area contributed by atoms with Crippen LogP contribution < -0.4 is 0 Å². The van der Waals surface area contributed by atoms with Gasteiger partial charge >= 0.3 is 0 Å². The van der Waals surface area contributed by atoms with Gasteiger partial charge in [0.05, 0.1) is 23.7 Å². The molecule has 30 heavy (non-hydrogen) atoms. The van der Waals surface area contributed by atoms with E-state index in [0.29, 0.717) is 19.2 Å². The van der Waals surface area contributed by atoms with Crippen molar-refractivity contribution in [2.75, 3.05) is 39.9 Å². The molecule has 0 unspecified atom stereocenters. The van der Waals surface area contributed by atoms with Gasteiger partial charge in [0.25, 0.3) is 0 Å². The van der Waals surface area contributed by atoms with Gasteiger partial charge < -0.3 is 9.30 Å². The molecule has 1 aliphatic heterocycles. The number of sulfone groups is 1. The Hall–Kier alpha value is -0.960. The molecule has 3 rings (SSSR count). The van der Waals surface area contributed by atoms with Crippen molar-refractivity contribution in [3.63, 3.8) is 0 Å². The van der Waals surface area contributed by atoms with Crippen LogP contribution in [0.4, 0.5) is 0 Å². The van der Waals surface area contributed by atoms with E-state index in [1.165, 1.54) is 6.42 Å². The topological polar surface area (TPSA) is 67.7 Å². The summed E-state index contributed by atoms with van der Waals surface area (Å²) in [7, 11) is -1.76. The first-order valence-corrected chi connectivity index (χ1v) is 13.3. The summed E-state index contributed by atoms with van der Waals surface area (Å²) >= 11 is 0. The SMILES string of the molecule is CCN(CC)[C@H]1CCN(Cc2cnc(S(=O)(=O)C3CCCCCC3)n2CCOC)C1. The minimum atomic E-state index is -3.42. The molecule has 1 aromatic heterocycles. The fourth-order valence-electron chi connectivity index (χ4n) is 5.09. The fraction of sp³-hybridized carbons (Fsp3) is 0.864. The van der Waals surface area contributed by atoms with Gasteiger partial charge in [0.2, 0.25) is 15.0 Å². The molecule has 8 heteroatoms. The molecule has 7 nitrogen and oxygen atoms in total. The van der Waals surface area contributed by atoms with Crippen LogP contribution in [0.1, 0.15) is 64.5 Å². The lowest BCUT2D eigenvalue weighted by Crippen LogP contribution is -2.37. The second-order valence-corrected chi connectivity index (χ2v) is 10.9. The maximum absolute atomic E-state index is 13.4. The summed E-state index contributed by atoms with van der Waals surface area (Å²) in [5.74, 6) is 0. The Kier molecular flexibility index (Phi) is 8.74. The van der Waals surface area contributed by atoms with Gasteiger partial charge in [-0.3, -0.25) is 9.80 Å². The number of aromatic nitrogens is 2. The summed E-state index contributed by atoms with van der Waals surface area (Å²) in [4.78, 5) is 9.41. The van der Waals surface area contributed by atoms with Crippen LogP contribution in [0.25, 0.3) is 0 Å². The molecule has 1 atom stereocenters. The number of imidazole rings is 1. The van der Waals surface area contributed by atoms with Crippen LogP contribution in [0.5, 0.6) is 0 Å². The molecule has 2 aliphatic rings. The van der Waals surface area contributed by atoms with Gasteiger partial charge in [-0.25, -0.2) is 13.4 Å². The van der Waals surface area contributed by atoms with Gasteiger partial charge in [-0.05, 0) is 32.4 Å². The lowest BCUT2D eigenvalue weighted by molar-refractivity contribution is 0.180. The summed E-state index contributed by atoms with van der Waals surface area (Å²) < 4.78 is 34.1. The molecule has 0 aromatic carbocycles. The van der Waals surface area contributed by atoms with Gasteiger partial charge in [-0.1, -0.05) is 39.5 Å². The fourth-order valence-corrected chi connectivity index (χ4v) is 7.06. The van der Waals surface area contributed by atoms with Crippen molar-refractivity contribution in [2.45, 2.75) is 88.3 Å². The van der Waals surface area contributed by atoms with Crippen LogP contribution in [0.3, 0.4) is 0 Å². The highest BCUT2D eigenvalue weighted by Crippen LogP contribution is 2.28. The third-order valence-corrected chi connectivity index (χ3v) is 9.06. The predicted molar refractivity (Wildman–Crippen MR) is 119 cm³/mol. The van der Waals surface area contributed by atoms with Crippen molar-refractivity contribution < 1.29 is 13.2 Å². The molecule has 0 amide bonds. The molecule has 0 N–H and O–H groups in total. The van der Waals surface area contributed by atoms with E-state index in [-0.39, 0.29) is 10.4 Å². The van der Waals surface area contributed by atoms with E-state index < -0.39 is 9.84 Å². The molecule has 0 spiro atoms. The smallest absolute Gasteiger partial charge is 0.228 e. The zero-order valence-electron chi connectivity index (χ0n) is 19.1. The first-order valence-electron chi connectivity index (χ1n) is 11.7. The van der Waals surface area contributed by atoms with Gasteiger partial charge in [0, 0.05) is 39.3 Å². The number of rotatable bonds is 10. The van der Waals surface area contributed by atoms with Crippen LogP contribution in [0, 0.1) is 0 Å². The van der Waals surface area contributed by atoms with E-state index in [0.717, 1.165) is 76.9 Å². The number of hydrogen-bond donors (Lipinski definition) is 0. The Morgan fingerprint density at radius 1 is 1.13 bits per heavy atom. The van der Waals surface area contributed by atoms with E-state index in [2.05, 4.69) is 28.6 Å². The lowest BCUT2D eigenvalue weighted by atomic mass is 10.2. The Labute approximate surface area is 182 Å². The zero-order chi connectivity index (χ0) is 21.6. The van der Waals surface area contributed by atoms with Gasteiger partial charge in [0.1, 0.15) is 0 Å². The Balaban J connectivity index is 1.78. The minimum absolute atomic E-state index is 0.251. The molecular weight excluding hydrogens is 400 g/mol. The highest BCUT2D eigenvalue weighted by molar-refractivity contribution is 7.91.